The molecule has 1 atom stereocenters. The highest BCUT2D eigenvalue weighted by Gasteiger charge is 2.20. The van der Waals surface area contributed by atoms with E-state index >= 15 is 0 Å². The normalized spacial score (nSPS) is 18.2. The molecule has 1 amide bonds. The molecule has 0 aliphatic carbocycles. The maximum atomic E-state index is 13.0. The minimum atomic E-state index is -0.312. The lowest BCUT2D eigenvalue weighted by molar-refractivity contribution is -0.133. The number of hydrogen-bond acceptors (Lipinski definition) is 2. The molecular formula is C13H17FN2O. The van der Waals surface area contributed by atoms with Gasteiger partial charge in [-0.3, -0.25) is 4.79 Å². The van der Waals surface area contributed by atoms with Crippen molar-refractivity contribution in [2.24, 2.45) is 5.73 Å². The fraction of sp³-hybridized carbons (Fsp3) is 0.462. The van der Waals surface area contributed by atoms with Crippen LogP contribution in [0, 0.1) is 5.82 Å². The Morgan fingerprint density at radius 2 is 2.24 bits per heavy atom. The standard InChI is InChI=1S/C13H17FN2O/c14-11-5-3-4-10(8-11)12(15)9-16-7-2-1-6-13(16)17/h3-5,8,12H,1-2,6-7,9,15H2. The van der Waals surface area contributed by atoms with E-state index in [0.717, 1.165) is 24.9 Å². The predicted octanol–water partition coefficient (Wildman–Crippen LogP) is 1.84. The molecule has 1 aliphatic heterocycles. The summed E-state index contributed by atoms with van der Waals surface area (Å²) < 4.78 is 13.0. The fourth-order valence-electron chi connectivity index (χ4n) is 2.13. The number of benzene rings is 1. The molecule has 1 aromatic carbocycles. The fourth-order valence-corrected chi connectivity index (χ4v) is 2.13. The van der Waals surface area contributed by atoms with Crippen molar-refractivity contribution >= 4 is 5.91 Å². The van der Waals surface area contributed by atoms with Crippen molar-refractivity contribution in [1.29, 1.82) is 0 Å². The number of hydrogen-bond donors (Lipinski definition) is 1. The zero-order valence-electron chi connectivity index (χ0n) is 9.73. The first kappa shape index (κ1) is 12.0. The van der Waals surface area contributed by atoms with E-state index in [9.17, 15) is 9.18 Å². The second-order valence-electron chi connectivity index (χ2n) is 4.46. The van der Waals surface area contributed by atoms with Gasteiger partial charge in [-0.15, -0.1) is 0 Å². The van der Waals surface area contributed by atoms with E-state index in [-0.39, 0.29) is 17.8 Å². The molecule has 1 saturated heterocycles. The van der Waals surface area contributed by atoms with Gasteiger partial charge in [-0.25, -0.2) is 4.39 Å². The van der Waals surface area contributed by atoms with Gasteiger partial charge in [0.05, 0.1) is 0 Å². The second-order valence-corrected chi connectivity index (χ2v) is 4.46. The summed E-state index contributed by atoms with van der Waals surface area (Å²) in [6.07, 6.45) is 2.60. The van der Waals surface area contributed by atoms with Crippen LogP contribution in [0.3, 0.4) is 0 Å². The minimum absolute atomic E-state index is 0.156. The molecule has 1 aliphatic rings. The molecule has 2 rings (SSSR count). The summed E-state index contributed by atoms with van der Waals surface area (Å²) in [5, 5.41) is 0. The molecule has 1 aromatic rings. The first-order chi connectivity index (χ1) is 8.16. The lowest BCUT2D eigenvalue weighted by Crippen LogP contribution is -2.40. The second kappa shape index (κ2) is 5.27. The molecular weight excluding hydrogens is 219 g/mol. The average Bonchev–Trinajstić information content (AvgIpc) is 2.32. The number of amides is 1. The summed E-state index contributed by atoms with van der Waals surface area (Å²) in [7, 11) is 0. The number of carbonyl (C=O) groups excluding carboxylic acids is 1. The van der Waals surface area contributed by atoms with E-state index in [0.29, 0.717) is 13.0 Å². The predicted molar refractivity (Wildman–Crippen MR) is 63.8 cm³/mol. The lowest BCUT2D eigenvalue weighted by Gasteiger charge is -2.29. The topological polar surface area (TPSA) is 46.3 Å². The summed E-state index contributed by atoms with van der Waals surface area (Å²) >= 11 is 0. The van der Waals surface area contributed by atoms with Gasteiger partial charge >= 0.3 is 0 Å². The lowest BCUT2D eigenvalue weighted by atomic mass is 10.0. The van der Waals surface area contributed by atoms with Crippen molar-refractivity contribution in [1.82, 2.24) is 4.90 Å². The van der Waals surface area contributed by atoms with Gasteiger partial charge in [0.2, 0.25) is 5.91 Å². The molecule has 92 valence electrons. The van der Waals surface area contributed by atoms with Crippen LogP contribution in [-0.4, -0.2) is 23.9 Å². The number of nitrogens with zero attached hydrogens (tertiary/aromatic N) is 1. The Bertz CT molecular complexity index is 408. The zero-order chi connectivity index (χ0) is 12.3. The van der Waals surface area contributed by atoms with Gasteiger partial charge in [0.25, 0.3) is 0 Å². The SMILES string of the molecule is NC(CN1CCCCC1=O)c1cccc(F)c1. The van der Waals surface area contributed by atoms with Crippen LogP contribution in [0.25, 0.3) is 0 Å². The van der Waals surface area contributed by atoms with E-state index < -0.39 is 0 Å². The Kier molecular flexibility index (Phi) is 3.74. The number of likely N-dealkylation sites (tertiary alicyclic amines) is 1. The van der Waals surface area contributed by atoms with Crippen LogP contribution >= 0.6 is 0 Å². The van der Waals surface area contributed by atoms with Crippen molar-refractivity contribution in [3.8, 4) is 0 Å². The van der Waals surface area contributed by atoms with Gasteiger partial charge in [-0.1, -0.05) is 12.1 Å². The summed E-state index contributed by atoms with van der Waals surface area (Å²) in [6.45, 7) is 1.24. The first-order valence-electron chi connectivity index (χ1n) is 5.95. The van der Waals surface area contributed by atoms with Crippen LogP contribution in [0.1, 0.15) is 30.9 Å². The third-order valence-corrected chi connectivity index (χ3v) is 3.12. The molecule has 0 aromatic heterocycles. The number of piperidine rings is 1. The van der Waals surface area contributed by atoms with Crippen molar-refractivity contribution in [3.63, 3.8) is 0 Å². The van der Waals surface area contributed by atoms with E-state index in [2.05, 4.69) is 0 Å². The number of carbonyl (C=O) groups is 1. The number of rotatable bonds is 3. The minimum Gasteiger partial charge on any atom is -0.341 e. The van der Waals surface area contributed by atoms with E-state index in [1.54, 1.807) is 17.0 Å². The highest BCUT2D eigenvalue weighted by Crippen LogP contribution is 2.17. The van der Waals surface area contributed by atoms with Gasteiger partial charge in [0.15, 0.2) is 0 Å². The van der Waals surface area contributed by atoms with Gasteiger partial charge in [-0.2, -0.15) is 0 Å². The van der Waals surface area contributed by atoms with E-state index in [4.69, 9.17) is 5.73 Å². The highest BCUT2D eigenvalue weighted by atomic mass is 19.1. The van der Waals surface area contributed by atoms with Crippen LogP contribution in [0.4, 0.5) is 4.39 Å². The van der Waals surface area contributed by atoms with Crippen LogP contribution in [0.2, 0.25) is 0 Å². The third kappa shape index (κ3) is 3.03. The molecule has 3 nitrogen and oxygen atoms in total. The Morgan fingerprint density at radius 1 is 1.41 bits per heavy atom. The summed E-state index contributed by atoms with van der Waals surface area (Å²) in [5.74, 6) is -0.133. The van der Waals surface area contributed by atoms with Gasteiger partial charge in [0.1, 0.15) is 5.82 Å². The van der Waals surface area contributed by atoms with Crippen molar-refractivity contribution in [3.05, 3.63) is 35.6 Å². The van der Waals surface area contributed by atoms with Crippen molar-refractivity contribution in [2.45, 2.75) is 25.3 Å². The molecule has 0 spiro atoms. The summed E-state index contributed by atoms with van der Waals surface area (Å²) in [6, 6.07) is 5.94. The van der Waals surface area contributed by atoms with Crippen molar-refractivity contribution in [2.75, 3.05) is 13.1 Å². The Balaban J connectivity index is 2.00. The van der Waals surface area contributed by atoms with Crippen LogP contribution in [0.5, 0.6) is 0 Å². The average molecular weight is 236 g/mol. The van der Waals surface area contributed by atoms with Gasteiger partial charge < -0.3 is 10.6 Å². The molecule has 1 unspecified atom stereocenters. The molecule has 0 saturated carbocycles. The molecule has 0 radical (unpaired) electrons. The molecule has 2 N–H and O–H groups in total. The van der Waals surface area contributed by atoms with E-state index in [1.807, 2.05) is 0 Å². The largest absolute Gasteiger partial charge is 0.341 e. The Labute approximate surface area is 100 Å². The molecule has 1 fully saturated rings. The smallest absolute Gasteiger partial charge is 0.222 e. The third-order valence-electron chi connectivity index (χ3n) is 3.12. The monoisotopic (exact) mass is 236 g/mol. The zero-order valence-corrected chi connectivity index (χ0v) is 9.73. The Hall–Kier alpha value is -1.42. The van der Waals surface area contributed by atoms with Crippen LogP contribution in [0.15, 0.2) is 24.3 Å². The maximum absolute atomic E-state index is 13.0. The highest BCUT2D eigenvalue weighted by molar-refractivity contribution is 5.76. The van der Waals surface area contributed by atoms with Gasteiger partial charge in [-0.05, 0) is 30.5 Å². The molecule has 1 heterocycles. The quantitative estimate of drug-likeness (QED) is 0.870. The van der Waals surface area contributed by atoms with E-state index in [1.165, 1.54) is 12.1 Å². The van der Waals surface area contributed by atoms with Crippen LogP contribution in [-0.2, 0) is 4.79 Å². The number of nitrogens with two attached hydrogens (primary N) is 1. The number of halogens is 1. The summed E-state index contributed by atoms with van der Waals surface area (Å²) in [4.78, 5) is 13.4. The van der Waals surface area contributed by atoms with Crippen LogP contribution < -0.4 is 5.73 Å². The van der Waals surface area contributed by atoms with Crippen molar-refractivity contribution < 1.29 is 9.18 Å². The molecule has 0 bridgehead atoms. The molecule has 17 heavy (non-hydrogen) atoms. The Morgan fingerprint density at radius 3 is 2.94 bits per heavy atom. The maximum Gasteiger partial charge on any atom is 0.222 e. The van der Waals surface area contributed by atoms with Gasteiger partial charge in [0, 0.05) is 25.6 Å². The first-order valence-corrected chi connectivity index (χ1v) is 5.95. The molecule has 4 heteroatoms. The summed E-state index contributed by atoms with van der Waals surface area (Å²) in [5.41, 5.74) is 6.74.